The quantitative estimate of drug-likeness (QED) is 0.168. The molecule has 1 aliphatic heterocycles. The Morgan fingerprint density at radius 1 is 0.415 bits per heavy atom. The second-order valence-electron chi connectivity index (χ2n) is 17.3. The van der Waals surface area contributed by atoms with Crippen LogP contribution in [0.2, 0.25) is 0 Å². The van der Waals surface area contributed by atoms with Gasteiger partial charge in [-0.3, -0.25) is 0 Å². The minimum absolute atomic E-state index is 0.0419. The molecule has 2 aliphatic rings. The maximum atomic E-state index is 3.86. The van der Waals surface area contributed by atoms with Gasteiger partial charge >= 0.3 is 0 Å². The molecule has 13 rings (SSSR count). The van der Waals surface area contributed by atoms with Gasteiger partial charge in [0.15, 0.2) is 0 Å². The molecule has 1 N–H and O–H groups in total. The van der Waals surface area contributed by atoms with Gasteiger partial charge < -0.3 is 10.2 Å². The number of hydrogen-bond acceptors (Lipinski definition) is 3. The molecule has 2 nitrogen and oxygen atoms in total. The summed E-state index contributed by atoms with van der Waals surface area (Å²) in [4.78, 5) is 3.72. The van der Waals surface area contributed by atoms with E-state index in [9.17, 15) is 0 Å². The molecule has 0 radical (unpaired) electrons. The molecule has 0 bridgehead atoms. The van der Waals surface area contributed by atoms with Crippen molar-refractivity contribution < 1.29 is 0 Å². The predicted molar refractivity (Wildman–Crippen MR) is 278 cm³/mol. The van der Waals surface area contributed by atoms with Crippen molar-refractivity contribution in [1.29, 1.82) is 0 Å². The molecule has 2 heterocycles. The number of hydrogen-bond donors (Lipinski definition) is 1. The summed E-state index contributed by atoms with van der Waals surface area (Å²) >= 11 is 1.88. The first-order valence-corrected chi connectivity index (χ1v) is 23.3. The summed E-state index contributed by atoms with van der Waals surface area (Å²) in [6.07, 6.45) is 7.23. The predicted octanol–water partition coefficient (Wildman–Crippen LogP) is 17.2. The van der Waals surface area contributed by atoms with Crippen LogP contribution in [0.4, 0.5) is 17.1 Å². The third kappa shape index (κ3) is 6.38. The highest BCUT2D eigenvalue weighted by molar-refractivity contribution is 7.20. The number of fused-ring (bicyclic) bond motifs is 10. The molecule has 2 atom stereocenters. The zero-order valence-corrected chi connectivity index (χ0v) is 36.3. The zero-order valence-electron chi connectivity index (χ0n) is 35.5. The van der Waals surface area contributed by atoms with Crippen LogP contribution in [0.3, 0.4) is 0 Å². The van der Waals surface area contributed by atoms with Gasteiger partial charge in [-0.25, -0.2) is 0 Å². The van der Waals surface area contributed by atoms with Gasteiger partial charge in [0.05, 0.1) is 11.4 Å². The van der Waals surface area contributed by atoms with E-state index in [2.05, 4.69) is 247 Å². The minimum atomic E-state index is -0.0419. The van der Waals surface area contributed by atoms with E-state index in [1.807, 2.05) is 11.3 Å². The van der Waals surface area contributed by atoms with Crippen molar-refractivity contribution >= 4 is 82.5 Å². The van der Waals surface area contributed by atoms with Crippen molar-refractivity contribution in [3.05, 3.63) is 258 Å². The molecule has 11 aromatic rings. The Kier molecular flexibility index (Phi) is 8.89. The van der Waals surface area contributed by atoms with Gasteiger partial charge in [-0.05, 0) is 131 Å². The average Bonchev–Trinajstić information content (AvgIpc) is 3.89. The van der Waals surface area contributed by atoms with Gasteiger partial charge in [-0.1, -0.05) is 182 Å². The molecule has 1 aliphatic carbocycles. The molecular weight excluding hydrogens is 805 g/mol. The topological polar surface area (TPSA) is 15.3 Å². The Labute approximate surface area is 382 Å². The van der Waals surface area contributed by atoms with Gasteiger partial charge in [0, 0.05) is 32.1 Å². The fraction of sp³-hybridized carbons (Fsp3) is 0.0323. The lowest BCUT2D eigenvalue weighted by molar-refractivity contribution is 0.824. The lowest BCUT2D eigenvalue weighted by Gasteiger charge is -2.28. The Morgan fingerprint density at radius 2 is 0.985 bits per heavy atom. The number of thiophene rings is 1. The largest absolute Gasteiger partial charge is 0.359 e. The summed E-state index contributed by atoms with van der Waals surface area (Å²) in [5, 5.41) is 12.9. The minimum Gasteiger partial charge on any atom is -0.359 e. The fourth-order valence-electron chi connectivity index (χ4n) is 10.5. The van der Waals surface area contributed by atoms with E-state index in [1.165, 1.54) is 109 Å². The third-order valence-electron chi connectivity index (χ3n) is 13.5. The first-order valence-electron chi connectivity index (χ1n) is 22.5. The van der Waals surface area contributed by atoms with Crippen LogP contribution >= 0.6 is 11.3 Å². The average molecular weight is 847 g/mol. The summed E-state index contributed by atoms with van der Waals surface area (Å²) in [6.45, 7) is 0. The highest BCUT2D eigenvalue weighted by Gasteiger charge is 2.31. The number of para-hydroxylation sites is 3. The zero-order chi connectivity index (χ0) is 42.8. The maximum absolute atomic E-state index is 3.86. The third-order valence-corrected chi connectivity index (χ3v) is 14.6. The van der Waals surface area contributed by atoms with Crippen molar-refractivity contribution in [2.24, 2.45) is 0 Å². The fourth-order valence-corrected chi connectivity index (χ4v) is 11.6. The molecule has 2 unspecified atom stereocenters. The van der Waals surface area contributed by atoms with E-state index in [0.29, 0.717) is 0 Å². The van der Waals surface area contributed by atoms with Crippen LogP contribution in [0.1, 0.15) is 39.2 Å². The monoisotopic (exact) mass is 846 g/mol. The van der Waals surface area contributed by atoms with E-state index < -0.39 is 0 Å². The van der Waals surface area contributed by atoms with Crippen molar-refractivity contribution in [2.75, 3.05) is 10.2 Å². The molecule has 306 valence electrons. The number of allylic oxidation sites excluding steroid dienone is 2. The van der Waals surface area contributed by atoms with E-state index in [1.54, 1.807) is 0 Å². The highest BCUT2D eigenvalue weighted by atomic mass is 32.1. The van der Waals surface area contributed by atoms with Crippen LogP contribution in [-0.4, -0.2) is 0 Å². The van der Waals surface area contributed by atoms with Crippen LogP contribution in [0.15, 0.2) is 231 Å². The van der Waals surface area contributed by atoms with E-state index in [4.69, 9.17) is 0 Å². The van der Waals surface area contributed by atoms with E-state index >= 15 is 0 Å². The summed E-state index contributed by atoms with van der Waals surface area (Å²) in [5.41, 5.74) is 14.6. The van der Waals surface area contributed by atoms with Gasteiger partial charge in [-0.2, -0.15) is 0 Å². The van der Waals surface area contributed by atoms with Crippen molar-refractivity contribution in [3.8, 4) is 22.3 Å². The van der Waals surface area contributed by atoms with Crippen LogP contribution < -0.4 is 10.2 Å². The van der Waals surface area contributed by atoms with Crippen molar-refractivity contribution in [2.45, 2.75) is 12.1 Å². The highest BCUT2D eigenvalue weighted by Crippen LogP contribution is 2.48. The van der Waals surface area contributed by atoms with Crippen LogP contribution in [-0.2, 0) is 0 Å². The summed E-state index contributed by atoms with van der Waals surface area (Å²) in [7, 11) is 0. The Bertz CT molecular complexity index is 3690. The molecule has 3 heteroatoms. The lowest BCUT2D eigenvalue weighted by atomic mass is 9.89. The maximum Gasteiger partial charge on any atom is 0.130 e. The molecule has 10 aromatic carbocycles. The lowest BCUT2D eigenvalue weighted by Crippen LogP contribution is -2.23. The number of benzene rings is 10. The van der Waals surface area contributed by atoms with Gasteiger partial charge in [0.1, 0.15) is 6.17 Å². The Hall–Kier alpha value is -7.98. The van der Waals surface area contributed by atoms with E-state index in [-0.39, 0.29) is 12.1 Å². The smallest absolute Gasteiger partial charge is 0.130 e. The van der Waals surface area contributed by atoms with Crippen LogP contribution in [0, 0.1) is 0 Å². The van der Waals surface area contributed by atoms with Crippen LogP contribution in [0.25, 0.3) is 76.3 Å². The molecule has 0 saturated heterocycles. The molecule has 65 heavy (non-hydrogen) atoms. The van der Waals surface area contributed by atoms with E-state index in [0.717, 1.165) is 5.69 Å². The number of nitrogens with zero attached hydrogens (tertiary/aromatic N) is 1. The molecule has 0 fully saturated rings. The first-order chi connectivity index (χ1) is 32.2. The first kappa shape index (κ1) is 37.6. The molecule has 0 saturated carbocycles. The summed E-state index contributed by atoms with van der Waals surface area (Å²) < 4.78 is 1.31. The second-order valence-corrected chi connectivity index (χ2v) is 18.3. The van der Waals surface area contributed by atoms with Crippen LogP contribution in [0.5, 0.6) is 0 Å². The standard InChI is InChI=1S/C62H42N2S/c1-2-21-48(22-3-1)64-58-29-10-9-28-57(58)63-62(64)47-20-14-18-43(37-47)45-32-34-60-61(54-27-8-11-30-59(54)65-60)55(38-45)46-19-13-17-42(36-46)40-15-12-16-41(35-40)44-31-33-53-51-25-5-4-23-49(51)50-24-6-7-26-52(50)56(53)39-44/h1-39,45,62-63H. The van der Waals surface area contributed by atoms with Crippen molar-refractivity contribution in [3.63, 3.8) is 0 Å². The Morgan fingerprint density at radius 3 is 1.74 bits per heavy atom. The van der Waals surface area contributed by atoms with Gasteiger partial charge in [0.25, 0.3) is 0 Å². The Balaban J connectivity index is 0.899. The normalized spacial score (nSPS) is 15.5. The SMILES string of the molecule is C1=CC(c2cccc(C3Nc4ccccc4N3c3ccccc3)c2)C=C(c2cccc(-c3cccc(-c4ccc5c6ccccc6c6ccccc6c5c4)c3)c2)c2c1sc1ccccc21. The molecular formula is C62H42N2S. The second kappa shape index (κ2) is 15.4. The van der Waals surface area contributed by atoms with Gasteiger partial charge in [-0.15, -0.1) is 11.3 Å². The number of rotatable bonds is 6. The number of anilines is 3. The summed E-state index contributed by atoms with van der Waals surface area (Å²) in [5.74, 6) is 0.0605. The van der Waals surface area contributed by atoms with Crippen molar-refractivity contribution in [1.82, 2.24) is 0 Å². The molecule has 1 aromatic heterocycles. The summed E-state index contributed by atoms with van der Waals surface area (Å²) in [6, 6.07) is 80.3. The van der Waals surface area contributed by atoms with Gasteiger partial charge in [0.2, 0.25) is 0 Å². The number of nitrogens with one attached hydrogen (secondary N) is 1. The molecule has 0 amide bonds. The molecule has 0 spiro atoms.